The van der Waals surface area contributed by atoms with E-state index in [0.717, 1.165) is 42.7 Å². The maximum absolute atomic E-state index is 14.9. The van der Waals surface area contributed by atoms with Crippen LogP contribution in [0.5, 0.6) is 5.75 Å². The molecule has 3 aromatic rings. The van der Waals surface area contributed by atoms with Crippen molar-refractivity contribution in [3.8, 4) is 17.0 Å². The molecule has 0 saturated heterocycles. The van der Waals surface area contributed by atoms with Crippen molar-refractivity contribution >= 4 is 11.6 Å². The van der Waals surface area contributed by atoms with Crippen LogP contribution in [0.3, 0.4) is 0 Å². The number of ether oxygens (including phenoxy) is 2. The Bertz CT molecular complexity index is 1150. The Labute approximate surface area is 204 Å². The molecule has 6 bridgehead atoms. The third kappa shape index (κ3) is 5.96. The molecule has 2 aromatic carbocycles. The number of fused-ring (bicyclic) bond motifs is 9. The molecule has 7 nitrogen and oxygen atoms in total. The minimum atomic E-state index is -0.944. The molecule has 1 fully saturated rings. The number of aromatic nitrogens is 2. The first kappa shape index (κ1) is 23.7. The number of halogens is 1. The molecule has 1 atom stereocenters. The fraction of sp³-hybridized carbons (Fsp3) is 0.407. The van der Waals surface area contributed by atoms with E-state index in [1.165, 1.54) is 18.9 Å². The fourth-order valence-corrected chi connectivity index (χ4v) is 4.55. The Morgan fingerprint density at radius 1 is 1.03 bits per heavy atom. The van der Waals surface area contributed by atoms with Crippen LogP contribution in [0, 0.1) is 5.82 Å². The van der Waals surface area contributed by atoms with Gasteiger partial charge in [-0.15, -0.1) is 0 Å². The lowest BCUT2D eigenvalue weighted by Gasteiger charge is -2.18. The number of nitrogens with one attached hydrogen (secondary N) is 2. The summed E-state index contributed by atoms with van der Waals surface area (Å²) in [7, 11) is 0. The maximum atomic E-state index is 14.9. The van der Waals surface area contributed by atoms with E-state index >= 15 is 0 Å². The van der Waals surface area contributed by atoms with Crippen LogP contribution >= 0.6 is 0 Å². The SMILES string of the molecule is OC1NCCCCOCc2cc(ccc2OC2CCCC2)Nc2nccc(n2)-c2ccc1cc2F. The third-order valence-electron chi connectivity index (χ3n) is 6.46. The van der Waals surface area contributed by atoms with Gasteiger partial charge in [0.15, 0.2) is 0 Å². The van der Waals surface area contributed by atoms with E-state index in [9.17, 15) is 9.50 Å². The van der Waals surface area contributed by atoms with Crippen LogP contribution in [-0.4, -0.2) is 34.3 Å². The van der Waals surface area contributed by atoms with Crippen LogP contribution < -0.4 is 15.4 Å². The van der Waals surface area contributed by atoms with Crippen molar-refractivity contribution in [3.63, 3.8) is 0 Å². The number of anilines is 2. The van der Waals surface area contributed by atoms with Crippen LogP contribution in [0.1, 0.15) is 55.9 Å². The fourth-order valence-electron chi connectivity index (χ4n) is 4.55. The van der Waals surface area contributed by atoms with Crippen molar-refractivity contribution < 1.29 is 19.0 Å². The molecular weight excluding hydrogens is 447 g/mol. The van der Waals surface area contributed by atoms with Crippen LogP contribution in [0.4, 0.5) is 16.0 Å². The molecule has 1 saturated carbocycles. The highest BCUT2D eigenvalue weighted by atomic mass is 19.1. The average Bonchev–Trinajstić information content (AvgIpc) is 3.37. The second-order valence-electron chi connectivity index (χ2n) is 9.09. The molecule has 184 valence electrons. The normalized spacial score (nSPS) is 19.4. The molecule has 1 aliphatic carbocycles. The lowest BCUT2D eigenvalue weighted by molar-refractivity contribution is 0.108. The molecular formula is C27H31FN4O3. The lowest BCUT2D eigenvalue weighted by atomic mass is 10.1. The van der Waals surface area contributed by atoms with Gasteiger partial charge in [-0.1, -0.05) is 6.07 Å². The zero-order chi connectivity index (χ0) is 24.0. The number of hydrogen-bond donors (Lipinski definition) is 3. The van der Waals surface area contributed by atoms with Crippen molar-refractivity contribution in [2.24, 2.45) is 0 Å². The first-order valence-corrected chi connectivity index (χ1v) is 12.3. The smallest absolute Gasteiger partial charge is 0.227 e. The number of rotatable bonds is 2. The highest BCUT2D eigenvalue weighted by Crippen LogP contribution is 2.31. The summed E-state index contributed by atoms with van der Waals surface area (Å²) in [6.45, 7) is 1.62. The van der Waals surface area contributed by atoms with Gasteiger partial charge in [-0.3, -0.25) is 5.32 Å². The van der Waals surface area contributed by atoms with Crippen LogP contribution in [0.2, 0.25) is 0 Å². The largest absolute Gasteiger partial charge is 0.490 e. The summed E-state index contributed by atoms with van der Waals surface area (Å²) in [5.74, 6) is 0.756. The van der Waals surface area contributed by atoms with Gasteiger partial charge >= 0.3 is 0 Å². The highest BCUT2D eigenvalue weighted by molar-refractivity contribution is 5.63. The van der Waals surface area contributed by atoms with E-state index in [-0.39, 0.29) is 6.10 Å². The molecule has 1 aromatic heterocycles. The number of aliphatic hydroxyl groups is 1. The molecule has 2 aliphatic heterocycles. The molecule has 0 amide bonds. The molecule has 6 rings (SSSR count). The molecule has 0 radical (unpaired) electrons. The zero-order valence-electron chi connectivity index (χ0n) is 19.7. The van der Waals surface area contributed by atoms with Gasteiger partial charge in [-0.05, 0) is 87.0 Å². The summed E-state index contributed by atoms with van der Waals surface area (Å²) in [6.07, 6.45) is 7.13. The van der Waals surface area contributed by atoms with E-state index < -0.39 is 12.0 Å². The predicted octanol–water partition coefficient (Wildman–Crippen LogP) is 5.24. The Hall–Kier alpha value is -3.07. The molecule has 1 unspecified atom stereocenters. The van der Waals surface area contributed by atoms with Gasteiger partial charge < -0.3 is 19.9 Å². The van der Waals surface area contributed by atoms with Gasteiger partial charge in [-0.25, -0.2) is 14.4 Å². The van der Waals surface area contributed by atoms with E-state index in [0.29, 0.717) is 42.5 Å². The van der Waals surface area contributed by atoms with E-state index in [1.807, 2.05) is 18.2 Å². The van der Waals surface area contributed by atoms with Crippen LogP contribution in [-0.2, 0) is 11.3 Å². The standard InChI is InChI=1S/C27H31FN4O3/c28-23-16-18-7-9-22(23)24-11-13-30-27(32-24)31-20-8-10-25(35-21-5-1-2-6-21)19(15-20)17-34-14-4-3-12-29-26(18)33/h7-11,13,15-16,21,26,29,33H,1-6,12,14,17H2,(H,30,31,32). The Morgan fingerprint density at radius 3 is 2.77 bits per heavy atom. The van der Waals surface area contributed by atoms with Gasteiger partial charge in [0.05, 0.1) is 18.4 Å². The van der Waals surface area contributed by atoms with Gasteiger partial charge in [0, 0.05) is 29.6 Å². The molecule has 8 heteroatoms. The molecule has 0 spiro atoms. The van der Waals surface area contributed by atoms with Crippen LogP contribution in [0.15, 0.2) is 48.7 Å². The zero-order valence-corrected chi connectivity index (χ0v) is 19.7. The second-order valence-corrected chi connectivity index (χ2v) is 9.09. The molecule has 3 heterocycles. The second kappa shape index (κ2) is 11.1. The first-order chi connectivity index (χ1) is 17.2. The monoisotopic (exact) mass is 478 g/mol. The topological polar surface area (TPSA) is 88.5 Å². The summed E-state index contributed by atoms with van der Waals surface area (Å²) in [5.41, 5.74) is 3.04. The van der Waals surface area contributed by atoms with Crippen molar-refractivity contribution in [1.29, 1.82) is 0 Å². The molecule has 3 N–H and O–H groups in total. The summed E-state index contributed by atoms with van der Waals surface area (Å²) >= 11 is 0. The van der Waals surface area contributed by atoms with Gasteiger partial charge in [0.1, 0.15) is 17.8 Å². The van der Waals surface area contributed by atoms with Crippen LogP contribution in [0.25, 0.3) is 11.3 Å². The van der Waals surface area contributed by atoms with Gasteiger partial charge in [0.2, 0.25) is 5.95 Å². The molecule has 35 heavy (non-hydrogen) atoms. The number of benzene rings is 2. The Kier molecular flexibility index (Phi) is 7.51. The number of nitrogens with zero attached hydrogens (tertiary/aromatic N) is 2. The Morgan fingerprint density at radius 2 is 1.91 bits per heavy atom. The predicted molar refractivity (Wildman–Crippen MR) is 132 cm³/mol. The summed E-state index contributed by atoms with van der Waals surface area (Å²) < 4.78 is 27.2. The number of aliphatic hydroxyl groups excluding tert-OH is 1. The van der Waals surface area contributed by atoms with E-state index in [1.54, 1.807) is 24.4 Å². The Balaban J connectivity index is 1.44. The average molecular weight is 479 g/mol. The minimum absolute atomic E-state index is 0.251. The van der Waals surface area contributed by atoms with E-state index in [4.69, 9.17) is 9.47 Å². The van der Waals surface area contributed by atoms with E-state index in [2.05, 4.69) is 20.6 Å². The van der Waals surface area contributed by atoms with Crippen molar-refractivity contribution in [1.82, 2.24) is 15.3 Å². The van der Waals surface area contributed by atoms with Crippen molar-refractivity contribution in [3.05, 3.63) is 65.6 Å². The number of hydrogen-bond acceptors (Lipinski definition) is 7. The lowest BCUT2D eigenvalue weighted by Crippen LogP contribution is -2.22. The van der Waals surface area contributed by atoms with Gasteiger partial charge in [-0.2, -0.15) is 0 Å². The minimum Gasteiger partial charge on any atom is -0.490 e. The molecule has 3 aliphatic rings. The third-order valence-corrected chi connectivity index (χ3v) is 6.46. The first-order valence-electron chi connectivity index (χ1n) is 12.3. The summed E-state index contributed by atoms with van der Waals surface area (Å²) in [6, 6.07) is 12.3. The highest BCUT2D eigenvalue weighted by Gasteiger charge is 2.19. The van der Waals surface area contributed by atoms with Crippen molar-refractivity contribution in [2.75, 3.05) is 18.5 Å². The quantitative estimate of drug-likeness (QED) is 0.464. The summed E-state index contributed by atoms with van der Waals surface area (Å²) in [5, 5.41) is 16.7. The van der Waals surface area contributed by atoms with Crippen molar-refractivity contribution in [2.45, 2.75) is 57.5 Å². The maximum Gasteiger partial charge on any atom is 0.227 e. The van der Waals surface area contributed by atoms with Gasteiger partial charge in [0.25, 0.3) is 0 Å². The summed E-state index contributed by atoms with van der Waals surface area (Å²) in [4.78, 5) is 8.83.